The molecule has 0 heterocycles. The largest absolute Gasteiger partial charge is 0.492 e. The summed E-state index contributed by atoms with van der Waals surface area (Å²) < 4.78 is 6.33. The number of amidine groups is 1. The molecule has 1 fully saturated rings. The van der Waals surface area contributed by atoms with E-state index in [-0.39, 0.29) is 16.9 Å². The molecular formula is C12H14BrN3O3. The number of nitrogens with two attached hydrogens (primary N) is 1. The molecule has 0 aliphatic heterocycles. The molecule has 7 heteroatoms. The maximum Gasteiger partial charge on any atom is 0.273 e. The maximum atomic E-state index is 10.7. The summed E-state index contributed by atoms with van der Waals surface area (Å²) in [4.78, 5) is 10.3. The predicted molar refractivity (Wildman–Crippen MR) is 74.5 cm³/mol. The molecule has 0 atom stereocenters. The van der Waals surface area contributed by atoms with Crippen molar-refractivity contribution >= 4 is 27.5 Å². The van der Waals surface area contributed by atoms with E-state index in [0.717, 1.165) is 12.8 Å². The lowest BCUT2D eigenvalue weighted by molar-refractivity contribution is -0.385. The first-order valence-electron chi connectivity index (χ1n) is 5.82. The second-order valence-corrected chi connectivity index (χ2v) is 5.72. The highest BCUT2D eigenvalue weighted by Crippen LogP contribution is 2.49. The third kappa shape index (κ3) is 3.44. The van der Waals surface area contributed by atoms with Gasteiger partial charge in [-0.25, -0.2) is 0 Å². The maximum absolute atomic E-state index is 10.7. The minimum Gasteiger partial charge on any atom is -0.492 e. The molecule has 0 saturated heterocycles. The molecule has 0 radical (unpaired) electrons. The van der Waals surface area contributed by atoms with Crippen molar-refractivity contribution < 1.29 is 9.66 Å². The summed E-state index contributed by atoms with van der Waals surface area (Å²) in [6.07, 6.45) is 2.46. The van der Waals surface area contributed by atoms with Gasteiger partial charge >= 0.3 is 0 Å². The van der Waals surface area contributed by atoms with Gasteiger partial charge < -0.3 is 10.5 Å². The van der Waals surface area contributed by atoms with Gasteiger partial charge in [0.2, 0.25) is 0 Å². The van der Waals surface area contributed by atoms with E-state index >= 15 is 0 Å². The van der Waals surface area contributed by atoms with Crippen LogP contribution in [0.2, 0.25) is 0 Å². The van der Waals surface area contributed by atoms with E-state index in [0.29, 0.717) is 23.2 Å². The number of non-ortho nitro benzene ring substituents is 1. The van der Waals surface area contributed by atoms with Crippen molar-refractivity contribution in [2.75, 3.05) is 6.61 Å². The molecule has 1 aromatic carbocycles. The summed E-state index contributed by atoms with van der Waals surface area (Å²) in [5.41, 5.74) is 5.35. The van der Waals surface area contributed by atoms with Crippen LogP contribution in [0, 0.1) is 20.9 Å². The number of hydrogen-bond acceptors (Lipinski definition) is 4. The molecule has 6 nitrogen and oxygen atoms in total. The van der Waals surface area contributed by atoms with Crippen LogP contribution in [0.15, 0.2) is 22.7 Å². The van der Waals surface area contributed by atoms with E-state index in [9.17, 15) is 10.1 Å². The van der Waals surface area contributed by atoms with Gasteiger partial charge in [0.1, 0.15) is 5.75 Å². The summed E-state index contributed by atoms with van der Waals surface area (Å²) in [6.45, 7) is 0.423. The molecule has 19 heavy (non-hydrogen) atoms. The minimum absolute atomic E-state index is 0.00499. The number of hydrogen-bond donors (Lipinski definition) is 2. The minimum atomic E-state index is -0.457. The highest BCUT2D eigenvalue weighted by molar-refractivity contribution is 9.10. The number of nitro groups is 1. The Kier molecular flexibility index (Phi) is 3.75. The van der Waals surface area contributed by atoms with E-state index in [1.807, 2.05) is 0 Å². The Bertz CT molecular complexity index is 529. The molecule has 0 aromatic heterocycles. The first-order chi connectivity index (χ1) is 8.92. The van der Waals surface area contributed by atoms with Crippen LogP contribution in [0.5, 0.6) is 5.75 Å². The molecule has 0 unspecified atom stereocenters. The first-order valence-corrected chi connectivity index (χ1v) is 6.61. The summed E-state index contributed by atoms with van der Waals surface area (Å²) in [7, 11) is 0. The fourth-order valence-electron chi connectivity index (χ4n) is 1.90. The first kappa shape index (κ1) is 13.8. The zero-order chi connectivity index (χ0) is 14.0. The van der Waals surface area contributed by atoms with Gasteiger partial charge in [-0.1, -0.05) is 0 Å². The lowest BCUT2D eigenvalue weighted by Crippen LogP contribution is -2.21. The Hall–Kier alpha value is -1.63. The van der Waals surface area contributed by atoms with Crippen molar-refractivity contribution in [3.8, 4) is 5.75 Å². The molecule has 102 valence electrons. The monoisotopic (exact) mass is 327 g/mol. The van der Waals surface area contributed by atoms with Gasteiger partial charge in [-0.15, -0.1) is 0 Å². The number of benzene rings is 1. The molecule has 1 aromatic rings. The number of nitrogens with zero attached hydrogens (tertiary/aromatic N) is 1. The van der Waals surface area contributed by atoms with Crippen molar-refractivity contribution in [2.45, 2.75) is 19.3 Å². The smallest absolute Gasteiger partial charge is 0.273 e. The van der Waals surface area contributed by atoms with Gasteiger partial charge in [-0.05, 0) is 34.8 Å². The van der Waals surface area contributed by atoms with Crippen LogP contribution in [-0.4, -0.2) is 17.4 Å². The van der Waals surface area contributed by atoms with E-state index in [4.69, 9.17) is 15.9 Å². The van der Waals surface area contributed by atoms with Crippen LogP contribution < -0.4 is 10.5 Å². The standard InChI is InChI=1S/C12H14BrN3O3/c13-9-2-1-8(16(17)18)5-10(9)19-7-12(3-4-12)6-11(14)15/h1-2,5H,3-4,6-7H2,(H3,14,15). The fraction of sp³-hybridized carbons (Fsp3) is 0.417. The Morgan fingerprint density at radius 2 is 2.26 bits per heavy atom. The SMILES string of the molecule is N=C(N)CC1(COc2cc([N+](=O)[O-])ccc2Br)CC1. The number of ether oxygens (including phenoxy) is 1. The fourth-order valence-corrected chi connectivity index (χ4v) is 2.26. The quantitative estimate of drug-likeness (QED) is 0.363. The molecule has 3 N–H and O–H groups in total. The second-order valence-electron chi connectivity index (χ2n) is 4.86. The van der Waals surface area contributed by atoms with Crippen LogP contribution in [0.4, 0.5) is 5.69 Å². The van der Waals surface area contributed by atoms with Crippen molar-refractivity contribution in [1.29, 1.82) is 5.41 Å². The van der Waals surface area contributed by atoms with E-state index in [1.54, 1.807) is 6.07 Å². The highest BCUT2D eigenvalue weighted by atomic mass is 79.9. The zero-order valence-corrected chi connectivity index (χ0v) is 11.8. The molecule has 1 aliphatic carbocycles. The lowest BCUT2D eigenvalue weighted by atomic mass is 10.0. The number of nitro benzene ring substituents is 1. The normalized spacial score (nSPS) is 15.8. The number of nitrogens with one attached hydrogen (secondary N) is 1. The molecule has 1 aliphatic rings. The van der Waals surface area contributed by atoms with Crippen LogP contribution in [0.3, 0.4) is 0 Å². The van der Waals surface area contributed by atoms with Gasteiger partial charge in [0.05, 0.1) is 27.9 Å². The molecule has 0 spiro atoms. The number of rotatable bonds is 6. The second kappa shape index (κ2) is 5.16. The predicted octanol–water partition coefficient (Wildman–Crippen LogP) is 2.84. The molecule has 2 rings (SSSR count). The van der Waals surface area contributed by atoms with Gasteiger partial charge in [0, 0.05) is 17.9 Å². The van der Waals surface area contributed by atoms with Gasteiger partial charge in [-0.3, -0.25) is 15.5 Å². The average Bonchev–Trinajstić information content (AvgIpc) is 3.07. The Balaban J connectivity index is 2.05. The third-order valence-corrected chi connectivity index (χ3v) is 3.84. The van der Waals surface area contributed by atoms with Crippen LogP contribution in [-0.2, 0) is 0 Å². The summed E-state index contributed by atoms with van der Waals surface area (Å²) in [5.74, 6) is 0.600. The van der Waals surface area contributed by atoms with E-state index in [2.05, 4.69) is 15.9 Å². The Labute approximate surface area is 118 Å². The van der Waals surface area contributed by atoms with E-state index < -0.39 is 4.92 Å². The number of halogens is 1. The van der Waals surface area contributed by atoms with Crippen molar-refractivity contribution in [3.05, 3.63) is 32.8 Å². The van der Waals surface area contributed by atoms with Crippen molar-refractivity contribution in [1.82, 2.24) is 0 Å². The summed E-state index contributed by atoms with van der Waals surface area (Å²) in [5, 5.41) is 18.0. The van der Waals surface area contributed by atoms with Crippen molar-refractivity contribution in [3.63, 3.8) is 0 Å². The molecule has 1 saturated carbocycles. The molecule has 0 amide bonds. The highest BCUT2D eigenvalue weighted by Gasteiger charge is 2.44. The van der Waals surface area contributed by atoms with Crippen LogP contribution in [0.1, 0.15) is 19.3 Å². The molecular weight excluding hydrogens is 314 g/mol. The van der Waals surface area contributed by atoms with Crippen LogP contribution in [0.25, 0.3) is 0 Å². The van der Waals surface area contributed by atoms with Crippen LogP contribution >= 0.6 is 15.9 Å². The Morgan fingerprint density at radius 3 is 2.79 bits per heavy atom. The van der Waals surface area contributed by atoms with E-state index in [1.165, 1.54) is 12.1 Å². The van der Waals surface area contributed by atoms with Crippen molar-refractivity contribution in [2.24, 2.45) is 11.1 Å². The third-order valence-electron chi connectivity index (χ3n) is 3.18. The summed E-state index contributed by atoms with van der Waals surface area (Å²) in [6, 6.07) is 4.41. The lowest BCUT2D eigenvalue weighted by Gasteiger charge is -2.16. The molecule has 0 bridgehead atoms. The van der Waals surface area contributed by atoms with Gasteiger partial charge in [-0.2, -0.15) is 0 Å². The van der Waals surface area contributed by atoms with Gasteiger partial charge in [0.15, 0.2) is 0 Å². The zero-order valence-electron chi connectivity index (χ0n) is 10.2. The van der Waals surface area contributed by atoms with Gasteiger partial charge in [0.25, 0.3) is 5.69 Å². The topological polar surface area (TPSA) is 102 Å². The Morgan fingerprint density at radius 1 is 1.58 bits per heavy atom. The summed E-state index contributed by atoms with van der Waals surface area (Å²) >= 11 is 3.30. The average molecular weight is 328 g/mol.